The molecule has 0 atom stereocenters. The molecule has 0 radical (unpaired) electrons. The van der Waals surface area contributed by atoms with Crippen molar-refractivity contribution in [3.8, 4) is 0 Å². The summed E-state index contributed by atoms with van der Waals surface area (Å²) in [6.07, 6.45) is 7.81. The number of aromatic carboxylic acids is 2. The second kappa shape index (κ2) is 8.00. The SMILES string of the molecule is O=C(O)c1cc(Br)cc2c1cnn2C1CC1.O=C(O)c1cc(Br)cc2c1cnn2C1CC1. The molecule has 2 fully saturated rings. The van der Waals surface area contributed by atoms with Crippen molar-refractivity contribution in [3.63, 3.8) is 0 Å². The predicted molar refractivity (Wildman–Crippen MR) is 125 cm³/mol. The van der Waals surface area contributed by atoms with E-state index in [1.807, 2.05) is 21.5 Å². The van der Waals surface area contributed by atoms with E-state index in [4.69, 9.17) is 10.2 Å². The van der Waals surface area contributed by atoms with E-state index in [1.54, 1.807) is 24.5 Å². The molecule has 8 nitrogen and oxygen atoms in total. The minimum atomic E-state index is -0.915. The number of fused-ring (bicyclic) bond motifs is 2. The van der Waals surface area contributed by atoms with Crippen LogP contribution in [0.25, 0.3) is 21.8 Å². The molecule has 6 rings (SSSR count). The normalized spacial score (nSPS) is 15.6. The summed E-state index contributed by atoms with van der Waals surface area (Å²) in [4.78, 5) is 22.2. The average molecular weight is 562 g/mol. The van der Waals surface area contributed by atoms with Gasteiger partial charge in [-0.1, -0.05) is 31.9 Å². The van der Waals surface area contributed by atoms with Gasteiger partial charge >= 0.3 is 11.9 Å². The number of hydrogen-bond acceptors (Lipinski definition) is 4. The Labute approximate surface area is 199 Å². The summed E-state index contributed by atoms with van der Waals surface area (Å²) in [7, 11) is 0. The Hall–Kier alpha value is -2.72. The van der Waals surface area contributed by atoms with Gasteiger partial charge in [0.25, 0.3) is 0 Å². The number of aromatic nitrogens is 4. The first kappa shape index (κ1) is 21.1. The molecule has 2 saturated carbocycles. The van der Waals surface area contributed by atoms with Crippen molar-refractivity contribution in [2.24, 2.45) is 0 Å². The lowest BCUT2D eigenvalue weighted by Crippen LogP contribution is -1.99. The van der Waals surface area contributed by atoms with Crippen LogP contribution in [0.15, 0.2) is 45.6 Å². The van der Waals surface area contributed by atoms with Crippen molar-refractivity contribution in [2.45, 2.75) is 37.8 Å². The fraction of sp³-hybridized carbons (Fsp3) is 0.273. The van der Waals surface area contributed by atoms with Gasteiger partial charge in [0.05, 0.1) is 46.6 Å². The van der Waals surface area contributed by atoms with Crippen LogP contribution in [0.1, 0.15) is 58.5 Å². The third-order valence-corrected chi connectivity index (χ3v) is 6.52. The summed E-state index contributed by atoms with van der Waals surface area (Å²) in [5.41, 5.74) is 2.40. The molecule has 0 aliphatic heterocycles. The molecule has 2 aliphatic rings. The predicted octanol–water partition coefficient (Wildman–Crippen LogP) is 5.66. The topological polar surface area (TPSA) is 110 Å². The maximum atomic E-state index is 11.1. The third-order valence-electron chi connectivity index (χ3n) is 5.61. The number of benzene rings is 2. The van der Waals surface area contributed by atoms with Crippen molar-refractivity contribution >= 4 is 65.6 Å². The lowest BCUT2D eigenvalue weighted by atomic mass is 10.1. The number of rotatable bonds is 4. The number of carboxylic acids is 2. The van der Waals surface area contributed by atoms with Crippen LogP contribution in [-0.4, -0.2) is 41.7 Å². The highest BCUT2D eigenvalue weighted by molar-refractivity contribution is 9.10. The van der Waals surface area contributed by atoms with Crippen molar-refractivity contribution in [1.82, 2.24) is 19.6 Å². The van der Waals surface area contributed by atoms with Crippen molar-refractivity contribution < 1.29 is 19.8 Å². The van der Waals surface area contributed by atoms with Crippen molar-refractivity contribution in [1.29, 1.82) is 0 Å². The van der Waals surface area contributed by atoms with Gasteiger partial charge in [0.15, 0.2) is 0 Å². The van der Waals surface area contributed by atoms with E-state index < -0.39 is 11.9 Å². The minimum Gasteiger partial charge on any atom is -0.478 e. The molecule has 0 unspecified atom stereocenters. The molecule has 32 heavy (non-hydrogen) atoms. The molecule has 2 heterocycles. The van der Waals surface area contributed by atoms with E-state index in [0.29, 0.717) is 34.0 Å². The largest absolute Gasteiger partial charge is 0.478 e. The van der Waals surface area contributed by atoms with Gasteiger partial charge in [-0.05, 0) is 49.9 Å². The molecular formula is C22H18Br2N4O4. The maximum absolute atomic E-state index is 11.1. The Morgan fingerprint density at radius 3 is 1.44 bits per heavy atom. The molecule has 0 saturated heterocycles. The highest BCUT2D eigenvalue weighted by Crippen LogP contribution is 2.38. The van der Waals surface area contributed by atoms with Crippen LogP contribution in [0.5, 0.6) is 0 Å². The lowest BCUT2D eigenvalue weighted by molar-refractivity contribution is 0.0688. The van der Waals surface area contributed by atoms with Gasteiger partial charge in [-0.2, -0.15) is 10.2 Å². The Morgan fingerprint density at radius 1 is 0.750 bits per heavy atom. The van der Waals surface area contributed by atoms with E-state index in [9.17, 15) is 9.59 Å². The lowest BCUT2D eigenvalue weighted by Gasteiger charge is -2.02. The Balaban J connectivity index is 0.000000135. The molecule has 0 bridgehead atoms. The first-order valence-corrected chi connectivity index (χ1v) is 11.7. The van der Waals surface area contributed by atoms with Gasteiger partial charge in [-0.3, -0.25) is 9.36 Å². The molecular weight excluding hydrogens is 544 g/mol. The van der Waals surface area contributed by atoms with Gasteiger partial charge < -0.3 is 10.2 Å². The van der Waals surface area contributed by atoms with Crippen molar-refractivity contribution in [2.75, 3.05) is 0 Å². The molecule has 2 aliphatic carbocycles. The minimum absolute atomic E-state index is 0.302. The van der Waals surface area contributed by atoms with Crippen LogP contribution in [0.4, 0.5) is 0 Å². The van der Waals surface area contributed by atoms with E-state index in [2.05, 4.69) is 42.1 Å². The van der Waals surface area contributed by atoms with Gasteiger partial charge in [-0.25, -0.2) is 9.59 Å². The number of halogens is 2. The molecule has 0 amide bonds. The van der Waals surface area contributed by atoms with Crippen LogP contribution >= 0.6 is 31.9 Å². The molecule has 164 valence electrons. The molecule has 2 N–H and O–H groups in total. The maximum Gasteiger partial charge on any atom is 0.336 e. The summed E-state index contributed by atoms with van der Waals surface area (Å²) >= 11 is 6.67. The summed E-state index contributed by atoms with van der Waals surface area (Å²) in [5.74, 6) is -1.83. The summed E-state index contributed by atoms with van der Waals surface area (Å²) < 4.78 is 5.40. The monoisotopic (exact) mass is 560 g/mol. The van der Waals surface area contributed by atoms with E-state index >= 15 is 0 Å². The fourth-order valence-electron chi connectivity index (χ4n) is 3.80. The number of carboxylic acid groups (broad SMARTS) is 2. The fourth-order valence-corrected chi connectivity index (χ4v) is 4.69. The third kappa shape index (κ3) is 3.93. The van der Waals surface area contributed by atoms with E-state index in [0.717, 1.165) is 45.7 Å². The second-order valence-electron chi connectivity index (χ2n) is 8.02. The molecule has 0 spiro atoms. The van der Waals surface area contributed by atoms with Gasteiger partial charge in [0.1, 0.15) is 0 Å². The highest BCUT2D eigenvalue weighted by Gasteiger charge is 2.28. The number of nitrogens with zero attached hydrogens (tertiary/aromatic N) is 4. The smallest absolute Gasteiger partial charge is 0.336 e. The first-order chi connectivity index (χ1) is 15.3. The average Bonchev–Trinajstić information content (AvgIpc) is 3.68. The van der Waals surface area contributed by atoms with Gasteiger partial charge in [-0.15, -0.1) is 0 Å². The Bertz CT molecular complexity index is 1280. The summed E-state index contributed by atoms with van der Waals surface area (Å²) in [5, 5.41) is 28.2. The Kier molecular flexibility index (Phi) is 5.29. The molecule has 2 aromatic heterocycles. The van der Waals surface area contributed by atoms with E-state index in [-0.39, 0.29) is 0 Å². The highest BCUT2D eigenvalue weighted by atomic mass is 79.9. The second-order valence-corrected chi connectivity index (χ2v) is 9.85. The zero-order chi connectivity index (χ0) is 22.6. The molecule has 10 heteroatoms. The zero-order valence-electron chi connectivity index (χ0n) is 16.7. The quantitative estimate of drug-likeness (QED) is 0.332. The Morgan fingerprint density at radius 2 is 1.12 bits per heavy atom. The summed E-state index contributed by atoms with van der Waals surface area (Å²) in [6, 6.07) is 7.98. The number of carbonyl (C=O) groups is 2. The van der Waals surface area contributed by atoms with Crippen LogP contribution in [0.2, 0.25) is 0 Å². The molecule has 4 aromatic rings. The van der Waals surface area contributed by atoms with Crippen LogP contribution in [0.3, 0.4) is 0 Å². The van der Waals surface area contributed by atoms with Crippen molar-refractivity contribution in [3.05, 3.63) is 56.7 Å². The van der Waals surface area contributed by atoms with Crippen LogP contribution in [0, 0.1) is 0 Å². The van der Waals surface area contributed by atoms with Gasteiger partial charge in [0, 0.05) is 19.7 Å². The van der Waals surface area contributed by atoms with Gasteiger partial charge in [0.2, 0.25) is 0 Å². The zero-order valence-corrected chi connectivity index (χ0v) is 19.9. The first-order valence-electron chi connectivity index (χ1n) is 10.1. The van der Waals surface area contributed by atoms with Crippen LogP contribution < -0.4 is 0 Å². The number of hydrogen-bond donors (Lipinski definition) is 2. The summed E-state index contributed by atoms with van der Waals surface area (Å²) in [6.45, 7) is 0. The standard InChI is InChI=1S/2C11H9BrN2O2/c2*12-6-3-8(11(15)16)9-5-13-14(7-1-2-7)10(9)4-6/h2*3-5,7H,1-2H2,(H,15,16). The van der Waals surface area contributed by atoms with E-state index in [1.165, 1.54) is 0 Å². The molecule has 2 aromatic carbocycles. The van der Waals surface area contributed by atoms with Crippen LogP contribution in [-0.2, 0) is 0 Å².